The number of ether oxygens (including phenoxy) is 4. The highest BCUT2D eigenvalue weighted by Gasteiger charge is 2.64. The number of aliphatic hydroxyl groups is 2. The Morgan fingerprint density at radius 1 is 1.28 bits per heavy atom. The number of fused-ring (bicyclic) bond motifs is 5. The lowest BCUT2D eigenvalue weighted by Crippen LogP contribution is -2.63. The lowest BCUT2D eigenvalue weighted by atomic mass is 9.83. The second kappa shape index (κ2) is 13.8. The molecule has 3 aliphatic heterocycles. The van der Waals surface area contributed by atoms with Gasteiger partial charge in [-0.2, -0.15) is 0 Å². The second-order valence-corrected chi connectivity index (χ2v) is 13.2. The highest BCUT2D eigenvalue weighted by molar-refractivity contribution is 6.35. The largest absolute Gasteiger partial charge is 0.495 e. The number of anilines is 1. The number of epoxide rings is 1. The minimum atomic E-state index is -2.05. The van der Waals surface area contributed by atoms with E-state index in [1.165, 1.54) is 43.9 Å². The first-order valence-electron chi connectivity index (χ1n) is 15.4. The first-order chi connectivity index (χ1) is 21.9. The van der Waals surface area contributed by atoms with Crippen molar-refractivity contribution >= 4 is 41.2 Å². The number of nitrogens with one attached hydrogen (secondary N) is 1. The third kappa shape index (κ3) is 7.58. The predicted molar refractivity (Wildman–Crippen MR) is 172 cm³/mol. The van der Waals surface area contributed by atoms with Crippen LogP contribution in [0.3, 0.4) is 0 Å². The van der Waals surface area contributed by atoms with Crippen LogP contribution < -0.4 is 15.0 Å². The number of likely N-dealkylation sites (N-methyl/N-ethyl adjacent to an activating group) is 1. The molecule has 4 bridgehead atoms. The number of esters is 1. The van der Waals surface area contributed by atoms with Crippen molar-refractivity contribution in [3.8, 4) is 5.75 Å². The van der Waals surface area contributed by atoms with Gasteiger partial charge in [0.05, 0.1) is 25.3 Å². The Balaban J connectivity index is 1.78. The molecule has 2 saturated heterocycles. The van der Waals surface area contributed by atoms with Gasteiger partial charge in [-0.25, -0.2) is 9.59 Å². The number of hydrogen-bond donors (Lipinski definition) is 3. The van der Waals surface area contributed by atoms with E-state index < -0.39 is 65.7 Å². The zero-order valence-electron chi connectivity index (χ0n) is 27.9. The lowest BCUT2D eigenvalue weighted by molar-refractivity contribution is -0.161. The van der Waals surface area contributed by atoms with Gasteiger partial charge >= 0.3 is 12.1 Å². The van der Waals surface area contributed by atoms with Gasteiger partial charge in [0.2, 0.25) is 11.8 Å². The number of benzene rings is 1. The Labute approximate surface area is 279 Å². The molecular formula is C33H44ClN3O10. The van der Waals surface area contributed by atoms with Gasteiger partial charge in [0.1, 0.15) is 40.7 Å². The number of amides is 3. The van der Waals surface area contributed by atoms with E-state index in [4.69, 9.17) is 30.5 Å². The summed E-state index contributed by atoms with van der Waals surface area (Å²) in [6.07, 6.45) is -0.505. The van der Waals surface area contributed by atoms with Crippen LogP contribution in [-0.2, 0) is 35.0 Å². The molecule has 3 heterocycles. The maximum atomic E-state index is 13.9. The van der Waals surface area contributed by atoms with E-state index >= 15 is 0 Å². The number of rotatable bonds is 4. The summed E-state index contributed by atoms with van der Waals surface area (Å²) in [7, 11) is 4.49. The van der Waals surface area contributed by atoms with Gasteiger partial charge in [0.15, 0.2) is 5.72 Å². The van der Waals surface area contributed by atoms with E-state index in [2.05, 4.69) is 5.32 Å². The quantitative estimate of drug-likeness (QED) is 0.318. The van der Waals surface area contributed by atoms with Crippen LogP contribution in [0.5, 0.6) is 5.75 Å². The topological polar surface area (TPSA) is 167 Å². The van der Waals surface area contributed by atoms with Crippen LogP contribution in [0.25, 0.3) is 0 Å². The van der Waals surface area contributed by atoms with Gasteiger partial charge in [-0.05, 0) is 44.9 Å². The van der Waals surface area contributed by atoms with E-state index in [0.29, 0.717) is 17.9 Å². The first kappa shape index (κ1) is 36.2. The minimum Gasteiger partial charge on any atom is -0.495 e. The van der Waals surface area contributed by atoms with Crippen LogP contribution in [0.2, 0.25) is 5.02 Å². The van der Waals surface area contributed by atoms with Crippen molar-refractivity contribution in [2.75, 3.05) is 26.1 Å². The lowest BCUT2D eigenvalue weighted by Gasteiger charge is -2.41. The molecule has 0 aliphatic carbocycles. The molecule has 3 aliphatic rings. The predicted octanol–water partition coefficient (Wildman–Crippen LogP) is 2.88. The van der Waals surface area contributed by atoms with Crippen molar-refractivity contribution in [3.05, 3.63) is 46.5 Å². The van der Waals surface area contributed by atoms with Crippen LogP contribution in [0, 0.1) is 5.92 Å². The molecule has 13 nitrogen and oxygen atoms in total. The zero-order chi connectivity index (χ0) is 35.0. The van der Waals surface area contributed by atoms with Gasteiger partial charge in [-0.1, -0.05) is 42.3 Å². The summed E-state index contributed by atoms with van der Waals surface area (Å²) in [5.74, 6) is -1.76. The number of allylic oxidation sites excluding steroid dienone is 3. The van der Waals surface area contributed by atoms with Crippen LogP contribution >= 0.6 is 11.6 Å². The van der Waals surface area contributed by atoms with E-state index in [-0.39, 0.29) is 23.8 Å². The molecule has 47 heavy (non-hydrogen) atoms. The normalized spacial score (nSPS) is 33.6. The summed E-state index contributed by atoms with van der Waals surface area (Å²) in [6.45, 7) is 8.13. The third-order valence-corrected chi connectivity index (χ3v) is 9.78. The Hall–Kier alpha value is -3.65. The number of methoxy groups -OCH3 is 1. The maximum absolute atomic E-state index is 13.9. The average molecular weight is 678 g/mol. The summed E-state index contributed by atoms with van der Waals surface area (Å²) in [5.41, 5.74) is -1.25. The monoisotopic (exact) mass is 677 g/mol. The highest BCUT2D eigenvalue weighted by Crippen LogP contribution is 2.49. The smallest absolute Gasteiger partial charge is 0.409 e. The van der Waals surface area contributed by atoms with E-state index in [1.807, 2.05) is 6.92 Å². The van der Waals surface area contributed by atoms with Crippen LogP contribution in [-0.4, -0.2) is 102 Å². The molecule has 1 aromatic rings. The molecule has 258 valence electrons. The van der Waals surface area contributed by atoms with Crippen molar-refractivity contribution in [2.45, 2.75) is 95.7 Å². The summed E-state index contributed by atoms with van der Waals surface area (Å²) in [5, 5.41) is 24.8. The molecule has 2 fully saturated rings. The van der Waals surface area contributed by atoms with Gasteiger partial charge < -0.3 is 39.0 Å². The van der Waals surface area contributed by atoms with Gasteiger partial charge in [-0.3, -0.25) is 14.9 Å². The SMILES string of the molecule is COc1cc2cc(c1Cl)N(C)C(=O)CC(OC(=O)C(C)N(C)C(C)=O)C1(C)OC1C(C)C1CC(O)(NC(=O)O1)C(O)/C=C/C=C(\C)C2. The minimum absolute atomic E-state index is 0.180. The van der Waals surface area contributed by atoms with Crippen LogP contribution in [0.15, 0.2) is 35.9 Å². The van der Waals surface area contributed by atoms with Crippen molar-refractivity contribution in [1.82, 2.24) is 10.2 Å². The number of halogens is 1. The van der Waals surface area contributed by atoms with Gasteiger partial charge in [0, 0.05) is 33.4 Å². The Morgan fingerprint density at radius 3 is 2.60 bits per heavy atom. The number of alkyl carbamates (subject to hydrolysis) is 1. The van der Waals surface area contributed by atoms with Gasteiger partial charge in [0.25, 0.3) is 0 Å². The number of carbonyl (C=O) groups is 4. The summed E-state index contributed by atoms with van der Waals surface area (Å²) < 4.78 is 23.1. The van der Waals surface area contributed by atoms with Crippen molar-refractivity contribution < 1.29 is 48.3 Å². The molecule has 1 aromatic carbocycles. The standard InChI is InChI=1S/C33H44ClN3O10/c1-17-10-9-11-25(39)33(43)16-24(45-31(42)35-33)18(2)29-32(5,47-29)26(46-30(41)19(3)36(6)20(4)38)15-27(40)37(7)22-13-21(12-17)14-23(44-8)28(22)34/h9-11,13-14,18-19,24-26,29,39,43H,12,15-16H2,1-8H3,(H,35,42)/b11-9+,17-10+. The molecule has 3 N–H and O–H groups in total. The maximum Gasteiger partial charge on any atom is 0.409 e. The molecule has 0 spiro atoms. The average Bonchev–Trinajstić information content (AvgIpc) is 3.70. The van der Waals surface area contributed by atoms with Crippen molar-refractivity contribution in [1.29, 1.82) is 0 Å². The zero-order valence-corrected chi connectivity index (χ0v) is 28.7. The third-order valence-electron chi connectivity index (χ3n) is 9.40. The molecule has 8 unspecified atom stereocenters. The number of hydrogen-bond acceptors (Lipinski definition) is 10. The number of nitrogens with zero attached hydrogens (tertiary/aromatic N) is 2. The fourth-order valence-corrected chi connectivity index (χ4v) is 6.33. The van der Waals surface area contributed by atoms with Crippen LogP contribution in [0.1, 0.15) is 53.0 Å². The number of aliphatic hydroxyl groups excluding tert-OH is 1. The molecule has 0 saturated carbocycles. The summed E-state index contributed by atoms with van der Waals surface area (Å²) >= 11 is 6.68. The van der Waals surface area contributed by atoms with Crippen molar-refractivity contribution in [2.24, 2.45) is 5.92 Å². The Bertz CT molecular complexity index is 1480. The summed E-state index contributed by atoms with van der Waals surface area (Å²) in [4.78, 5) is 54.4. The molecule has 3 amide bonds. The van der Waals surface area contributed by atoms with E-state index in [9.17, 15) is 29.4 Å². The van der Waals surface area contributed by atoms with Crippen molar-refractivity contribution in [3.63, 3.8) is 0 Å². The van der Waals surface area contributed by atoms with E-state index in [1.54, 1.807) is 45.2 Å². The van der Waals surface area contributed by atoms with Crippen LogP contribution in [0.4, 0.5) is 10.5 Å². The molecule has 8 atom stereocenters. The molecular weight excluding hydrogens is 634 g/mol. The summed E-state index contributed by atoms with van der Waals surface area (Å²) in [6, 6.07) is 2.56. The molecule has 14 heteroatoms. The fourth-order valence-electron chi connectivity index (χ4n) is 6.01. The second-order valence-electron chi connectivity index (χ2n) is 12.8. The Morgan fingerprint density at radius 2 is 1.96 bits per heavy atom. The molecule has 0 aromatic heterocycles. The number of carbonyl (C=O) groups excluding carboxylic acids is 4. The van der Waals surface area contributed by atoms with E-state index in [0.717, 1.165) is 11.1 Å². The molecule has 4 rings (SSSR count). The highest BCUT2D eigenvalue weighted by atomic mass is 35.5. The van der Waals surface area contributed by atoms with Gasteiger partial charge in [-0.15, -0.1) is 0 Å². The first-order valence-corrected chi connectivity index (χ1v) is 15.8. The Kier molecular flexibility index (Phi) is 10.7. The molecule has 0 radical (unpaired) electrons. The fraction of sp³-hybridized carbons (Fsp3) is 0.576.